The molecule has 0 bridgehead atoms. The lowest BCUT2D eigenvalue weighted by Crippen LogP contribution is -2.50. The quantitative estimate of drug-likeness (QED) is 0.766. The van der Waals surface area contributed by atoms with E-state index in [4.69, 9.17) is 23.8 Å². The molecule has 0 spiro atoms. The fourth-order valence-electron chi connectivity index (χ4n) is 2.79. The van der Waals surface area contributed by atoms with Crippen LogP contribution in [0.1, 0.15) is 27.2 Å². The molecular weight excluding hydrogens is 372 g/mol. The zero-order valence-electron chi connectivity index (χ0n) is 15.3. The van der Waals surface area contributed by atoms with Gasteiger partial charge in [-0.15, -0.1) is 0 Å². The van der Waals surface area contributed by atoms with E-state index in [0.717, 1.165) is 24.5 Å². The highest BCUT2D eigenvalue weighted by molar-refractivity contribution is 7.80. The zero-order chi connectivity index (χ0) is 19.3. The van der Waals surface area contributed by atoms with Crippen molar-refractivity contribution in [3.05, 3.63) is 23.2 Å². The lowest BCUT2D eigenvalue weighted by atomic mass is 10.1. The minimum atomic E-state index is -0.146. The number of piperazine rings is 1. The van der Waals surface area contributed by atoms with Gasteiger partial charge in [-0.2, -0.15) is 0 Å². The van der Waals surface area contributed by atoms with Crippen LogP contribution < -0.4 is 15.5 Å². The minimum Gasteiger partial charge on any atom is -0.366 e. The second-order valence-corrected chi connectivity index (χ2v) is 7.33. The smallest absolute Gasteiger partial charge is 0.225 e. The van der Waals surface area contributed by atoms with Crippen LogP contribution in [0.15, 0.2) is 18.2 Å². The van der Waals surface area contributed by atoms with E-state index in [1.807, 2.05) is 30.9 Å². The van der Waals surface area contributed by atoms with Crippen LogP contribution >= 0.6 is 23.8 Å². The number of amides is 2. The van der Waals surface area contributed by atoms with Gasteiger partial charge in [0.05, 0.1) is 11.4 Å². The highest BCUT2D eigenvalue weighted by Crippen LogP contribution is 2.30. The molecule has 2 rings (SSSR count). The minimum absolute atomic E-state index is 0.00820. The lowest BCUT2D eigenvalue weighted by molar-refractivity contribution is -0.134. The molecule has 0 saturated carbocycles. The number of nitrogens with zero attached hydrogens (tertiary/aromatic N) is 2. The molecule has 1 aromatic rings. The third-order valence-electron chi connectivity index (χ3n) is 4.21. The highest BCUT2D eigenvalue weighted by atomic mass is 35.5. The summed E-state index contributed by atoms with van der Waals surface area (Å²) in [7, 11) is 0. The Bertz CT molecular complexity index is 688. The van der Waals surface area contributed by atoms with Crippen molar-refractivity contribution in [1.29, 1.82) is 0 Å². The number of hydrogen-bond acceptors (Lipinski definition) is 4. The number of carbonyl (C=O) groups excluding carboxylic acids is 2. The Morgan fingerprint density at radius 3 is 2.46 bits per heavy atom. The first kappa shape index (κ1) is 20.5. The lowest BCUT2D eigenvalue weighted by Gasteiger charge is -2.37. The molecule has 8 heteroatoms. The van der Waals surface area contributed by atoms with Gasteiger partial charge in [-0.05, 0) is 30.4 Å². The van der Waals surface area contributed by atoms with E-state index >= 15 is 0 Å². The second kappa shape index (κ2) is 9.19. The Morgan fingerprint density at radius 1 is 1.23 bits per heavy atom. The van der Waals surface area contributed by atoms with Crippen LogP contribution in [0.5, 0.6) is 0 Å². The number of carbonyl (C=O) groups is 2. The summed E-state index contributed by atoms with van der Waals surface area (Å²) >= 11 is 11.3. The molecule has 1 fully saturated rings. The van der Waals surface area contributed by atoms with E-state index < -0.39 is 0 Å². The number of nitrogens with one attached hydrogen (secondary N) is 2. The maximum atomic E-state index is 12.1. The Labute approximate surface area is 164 Å². The van der Waals surface area contributed by atoms with E-state index in [0.29, 0.717) is 24.5 Å². The molecule has 0 aliphatic carbocycles. The van der Waals surface area contributed by atoms with Gasteiger partial charge in [-0.3, -0.25) is 9.59 Å². The third-order valence-corrected chi connectivity index (χ3v) is 4.65. The van der Waals surface area contributed by atoms with Crippen LogP contribution in [0.3, 0.4) is 0 Å². The first-order chi connectivity index (χ1) is 12.3. The van der Waals surface area contributed by atoms with Gasteiger partial charge in [-0.25, -0.2) is 0 Å². The van der Waals surface area contributed by atoms with Crippen molar-refractivity contribution >= 4 is 52.1 Å². The molecule has 1 aliphatic rings. The van der Waals surface area contributed by atoms with Crippen molar-refractivity contribution in [3.8, 4) is 0 Å². The van der Waals surface area contributed by atoms with E-state index in [1.54, 1.807) is 13.0 Å². The van der Waals surface area contributed by atoms with Crippen LogP contribution in [0.4, 0.5) is 11.4 Å². The average molecular weight is 397 g/mol. The third kappa shape index (κ3) is 5.32. The van der Waals surface area contributed by atoms with Crippen molar-refractivity contribution in [2.24, 2.45) is 5.92 Å². The van der Waals surface area contributed by atoms with Crippen LogP contribution in [0.25, 0.3) is 0 Å². The number of hydrogen-bond donors (Lipinski definition) is 2. The van der Waals surface area contributed by atoms with Gasteiger partial charge >= 0.3 is 0 Å². The van der Waals surface area contributed by atoms with Crippen molar-refractivity contribution in [2.45, 2.75) is 27.2 Å². The monoisotopic (exact) mass is 396 g/mol. The van der Waals surface area contributed by atoms with E-state index in [2.05, 4.69) is 15.5 Å². The second-order valence-electron chi connectivity index (χ2n) is 6.48. The maximum Gasteiger partial charge on any atom is 0.225 e. The Kier molecular flexibility index (Phi) is 7.23. The number of thiocarbonyl (C=S) groups is 1. The largest absolute Gasteiger partial charge is 0.366 e. The van der Waals surface area contributed by atoms with Crippen molar-refractivity contribution in [3.63, 3.8) is 0 Å². The van der Waals surface area contributed by atoms with Gasteiger partial charge in [0.1, 0.15) is 0 Å². The SMILES string of the molecule is CCC(=O)NC(=S)Nc1cc(Cl)ccc1N1CCN(C(=O)C(C)C)CC1. The summed E-state index contributed by atoms with van der Waals surface area (Å²) in [5.74, 6) is 0.0447. The summed E-state index contributed by atoms with van der Waals surface area (Å²) in [6.07, 6.45) is 0.357. The van der Waals surface area contributed by atoms with Crippen LogP contribution in [0.2, 0.25) is 5.02 Å². The highest BCUT2D eigenvalue weighted by Gasteiger charge is 2.24. The molecule has 2 amide bonds. The molecule has 142 valence electrons. The summed E-state index contributed by atoms with van der Waals surface area (Å²) < 4.78 is 0. The summed E-state index contributed by atoms with van der Waals surface area (Å²) in [6.45, 7) is 8.40. The molecule has 0 aromatic heterocycles. The van der Waals surface area contributed by atoms with Gasteiger partial charge in [0.2, 0.25) is 11.8 Å². The van der Waals surface area contributed by atoms with Crippen LogP contribution in [0, 0.1) is 5.92 Å². The van der Waals surface area contributed by atoms with Gasteiger partial charge in [0, 0.05) is 43.5 Å². The molecule has 26 heavy (non-hydrogen) atoms. The fourth-order valence-corrected chi connectivity index (χ4v) is 3.18. The Balaban J connectivity index is 2.09. The summed E-state index contributed by atoms with van der Waals surface area (Å²) in [5.41, 5.74) is 1.68. The molecule has 1 heterocycles. The molecular formula is C18H25ClN4O2S. The fraction of sp³-hybridized carbons (Fsp3) is 0.500. The Hall–Kier alpha value is -1.86. The van der Waals surface area contributed by atoms with Gasteiger partial charge in [-0.1, -0.05) is 32.4 Å². The normalized spacial score (nSPS) is 14.3. The van der Waals surface area contributed by atoms with Gasteiger partial charge < -0.3 is 20.4 Å². The van der Waals surface area contributed by atoms with E-state index in [1.165, 1.54) is 0 Å². The van der Waals surface area contributed by atoms with Gasteiger partial charge in [0.25, 0.3) is 0 Å². The first-order valence-corrected chi connectivity index (χ1v) is 9.54. The molecule has 2 N–H and O–H groups in total. The van der Waals surface area contributed by atoms with E-state index in [-0.39, 0.29) is 22.8 Å². The molecule has 1 saturated heterocycles. The first-order valence-electron chi connectivity index (χ1n) is 8.76. The molecule has 1 aliphatic heterocycles. The molecule has 1 aromatic carbocycles. The number of anilines is 2. The summed E-state index contributed by atoms with van der Waals surface area (Å²) in [5, 5.41) is 6.51. The predicted molar refractivity (Wildman–Crippen MR) is 110 cm³/mol. The maximum absolute atomic E-state index is 12.1. The zero-order valence-corrected chi connectivity index (χ0v) is 16.9. The van der Waals surface area contributed by atoms with Gasteiger partial charge in [0.15, 0.2) is 5.11 Å². The van der Waals surface area contributed by atoms with Crippen molar-refractivity contribution in [2.75, 3.05) is 36.4 Å². The van der Waals surface area contributed by atoms with Crippen LogP contribution in [-0.4, -0.2) is 48.0 Å². The number of benzene rings is 1. The molecule has 0 radical (unpaired) electrons. The molecule has 0 atom stereocenters. The number of rotatable bonds is 4. The summed E-state index contributed by atoms with van der Waals surface area (Å²) in [6, 6.07) is 5.53. The summed E-state index contributed by atoms with van der Waals surface area (Å²) in [4.78, 5) is 27.7. The molecule has 6 nitrogen and oxygen atoms in total. The average Bonchev–Trinajstić information content (AvgIpc) is 2.61. The van der Waals surface area contributed by atoms with E-state index in [9.17, 15) is 9.59 Å². The van der Waals surface area contributed by atoms with Crippen LogP contribution in [-0.2, 0) is 9.59 Å². The standard InChI is InChI=1S/C18H25ClN4O2S/c1-4-16(24)21-18(26)20-14-11-13(19)5-6-15(14)22-7-9-23(10-8-22)17(25)12(2)3/h5-6,11-12H,4,7-10H2,1-3H3,(H2,20,21,24,26). The Morgan fingerprint density at radius 2 is 1.88 bits per heavy atom. The van der Waals surface area contributed by atoms with Crippen molar-refractivity contribution in [1.82, 2.24) is 10.2 Å². The number of halogens is 1. The van der Waals surface area contributed by atoms with Crippen molar-refractivity contribution < 1.29 is 9.59 Å². The topological polar surface area (TPSA) is 64.7 Å². The molecule has 0 unspecified atom stereocenters. The predicted octanol–water partition coefficient (Wildman–Crippen LogP) is 2.87.